The van der Waals surface area contributed by atoms with E-state index < -0.39 is 0 Å². The monoisotopic (exact) mass is 252 g/mol. The number of hydrogen-bond donors (Lipinski definition) is 2. The van der Waals surface area contributed by atoms with Crippen LogP contribution in [0.15, 0.2) is 22.8 Å². The molecule has 2 unspecified atom stereocenters. The Morgan fingerprint density at radius 1 is 1.61 bits per heavy atom. The zero-order chi connectivity index (χ0) is 12.8. The number of rotatable bonds is 6. The molecule has 0 saturated carbocycles. The summed E-state index contributed by atoms with van der Waals surface area (Å²) >= 11 is 0. The molecule has 2 N–H and O–H groups in total. The van der Waals surface area contributed by atoms with Crippen molar-refractivity contribution < 1.29 is 13.9 Å². The van der Waals surface area contributed by atoms with E-state index in [1.54, 1.807) is 12.3 Å². The van der Waals surface area contributed by atoms with Crippen LogP contribution < -0.4 is 10.6 Å². The van der Waals surface area contributed by atoms with Crippen LogP contribution in [0.4, 0.5) is 0 Å². The van der Waals surface area contributed by atoms with Crippen molar-refractivity contribution in [2.75, 3.05) is 13.2 Å². The first kappa shape index (κ1) is 13.1. The van der Waals surface area contributed by atoms with Gasteiger partial charge in [-0.15, -0.1) is 0 Å². The second-order valence-corrected chi connectivity index (χ2v) is 4.56. The lowest BCUT2D eigenvalue weighted by Crippen LogP contribution is -2.44. The average molecular weight is 252 g/mol. The minimum atomic E-state index is -0.218. The van der Waals surface area contributed by atoms with Crippen LogP contribution in [0.25, 0.3) is 0 Å². The van der Waals surface area contributed by atoms with E-state index in [2.05, 4.69) is 10.6 Å². The highest BCUT2D eigenvalue weighted by Crippen LogP contribution is 2.10. The zero-order valence-electron chi connectivity index (χ0n) is 10.6. The Labute approximate surface area is 107 Å². The summed E-state index contributed by atoms with van der Waals surface area (Å²) in [7, 11) is 0. The molecule has 1 aliphatic rings. The van der Waals surface area contributed by atoms with E-state index in [0.717, 1.165) is 31.8 Å². The fraction of sp³-hybridized carbons (Fsp3) is 0.615. The summed E-state index contributed by atoms with van der Waals surface area (Å²) in [5.74, 6) is 0.735. The standard InChI is InChI=1S/C13H20N2O3/c1-10(14-8-11-4-2-6-17-11)13(16)15-9-12-5-3-7-18-12/h3,5,7,10-11,14H,2,4,6,8-9H2,1H3,(H,15,16). The number of ether oxygens (including phenoxy) is 1. The summed E-state index contributed by atoms with van der Waals surface area (Å²) in [6, 6.07) is 3.43. The normalized spacial score (nSPS) is 20.8. The smallest absolute Gasteiger partial charge is 0.237 e. The van der Waals surface area contributed by atoms with E-state index in [-0.39, 0.29) is 18.1 Å². The number of amides is 1. The average Bonchev–Trinajstić information content (AvgIpc) is 3.05. The molecule has 1 aliphatic heterocycles. The third-order valence-corrected chi connectivity index (χ3v) is 3.09. The van der Waals surface area contributed by atoms with Gasteiger partial charge in [-0.05, 0) is 31.9 Å². The Kier molecular flexibility index (Phi) is 4.78. The van der Waals surface area contributed by atoms with Gasteiger partial charge in [0.15, 0.2) is 0 Å². The van der Waals surface area contributed by atoms with Gasteiger partial charge >= 0.3 is 0 Å². The quantitative estimate of drug-likeness (QED) is 0.794. The van der Waals surface area contributed by atoms with Crippen molar-refractivity contribution in [3.63, 3.8) is 0 Å². The Balaban J connectivity index is 1.64. The van der Waals surface area contributed by atoms with Crippen LogP contribution in [-0.4, -0.2) is 31.2 Å². The van der Waals surface area contributed by atoms with E-state index in [9.17, 15) is 4.79 Å². The highest BCUT2D eigenvalue weighted by molar-refractivity contribution is 5.81. The molecule has 100 valence electrons. The number of hydrogen-bond acceptors (Lipinski definition) is 4. The number of nitrogens with one attached hydrogen (secondary N) is 2. The van der Waals surface area contributed by atoms with Crippen molar-refractivity contribution in [3.8, 4) is 0 Å². The third kappa shape index (κ3) is 3.85. The predicted octanol–water partition coefficient (Wildman–Crippen LogP) is 1.05. The van der Waals surface area contributed by atoms with Crippen LogP contribution in [0.5, 0.6) is 0 Å². The first-order valence-corrected chi connectivity index (χ1v) is 6.41. The van der Waals surface area contributed by atoms with Gasteiger partial charge in [0.25, 0.3) is 0 Å². The molecule has 5 nitrogen and oxygen atoms in total. The molecule has 2 heterocycles. The summed E-state index contributed by atoms with van der Waals surface area (Å²) in [4.78, 5) is 11.8. The van der Waals surface area contributed by atoms with Crippen molar-refractivity contribution in [1.82, 2.24) is 10.6 Å². The van der Waals surface area contributed by atoms with Gasteiger partial charge in [0.1, 0.15) is 5.76 Å². The summed E-state index contributed by atoms with van der Waals surface area (Å²) in [6.07, 6.45) is 4.05. The van der Waals surface area contributed by atoms with Crippen LogP contribution in [0.1, 0.15) is 25.5 Å². The summed E-state index contributed by atoms with van der Waals surface area (Å²) in [5.41, 5.74) is 0. The maximum absolute atomic E-state index is 11.8. The number of furan rings is 1. The molecular formula is C13H20N2O3. The SMILES string of the molecule is CC(NCC1CCCO1)C(=O)NCc1ccco1. The Hall–Kier alpha value is -1.33. The molecule has 1 fully saturated rings. The minimum Gasteiger partial charge on any atom is -0.467 e. The predicted molar refractivity (Wildman–Crippen MR) is 67.0 cm³/mol. The maximum atomic E-state index is 11.8. The fourth-order valence-corrected chi connectivity index (χ4v) is 1.95. The van der Waals surface area contributed by atoms with Crippen molar-refractivity contribution >= 4 is 5.91 Å². The molecule has 0 aliphatic carbocycles. The van der Waals surface area contributed by atoms with E-state index in [0.29, 0.717) is 6.54 Å². The Morgan fingerprint density at radius 2 is 2.50 bits per heavy atom. The molecule has 0 aromatic carbocycles. The lowest BCUT2D eigenvalue weighted by molar-refractivity contribution is -0.123. The van der Waals surface area contributed by atoms with Gasteiger partial charge < -0.3 is 19.8 Å². The van der Waals surface area contributed by atoms with Crippen molar-refractivity contribution in [1.29, 1.82) is 0 Å². The summed E-state index contributed by atoms with van der Waals surface area (Å²) < 4.78 is 10.6. The van der Waals surface area contributed by atoms with Gasteiger partial charge in [-0.25, -0.2) is 0 Å². The van der Waals surface area contributed by atoms with E-state index in [4.69, 9.17) is 9.15 Å². The maximum Gasteiger partial charge on any atom is 0.237 e. The summed E-state index contributed by atoms with van der Waals surface area (Å²) in [5, 5.41) is 6.01. The largest absolute Gasteiger partial charge is 0.467 e. The second-order valence-electron chi connectivity index (χ2n) is 4.56. The first-order chi connectivity index (χ1) is 8.75. The fourth-order valence-electron chi connectivity index (χ4n) is 1.95. The first-order valence-electron chi connectivity index (χ1n) is 6.41. The van der Waals surface area contributed by atoms with Crippen molar-refractivity contribution in [2.24, 2.45) is 0 Å². The minimum absolute atomic E-state index is 0.0237. The van der Waals surface area contributed by atoms with Gasteiger partial charge in [0, 0.05) is 13.2 Å². The van der Waals surface area contributed by atoms with E-state index in [1.165, 1.54) is 0 Å². The van der Waals surface area contributed by atoms with Gasteiger partial charge in [-0.3, -0.25) is 4.79 Å². The van der Waals surface area contributed by atoms with Crippen LogP contribution in [0.3, 0.4) is 0 Å². The van der Waals surface area contributed by atoms with Crippen LogP contribution in [0, 0.1) is 0 Å². The van der Waals surface area contributed by atoms with Gasteiger partial charge in [0.2, 0.25) is 5.91 Å². The van der Waals surface area contributed by atoms with Crippen LogP contribution >= 0.6 is 0 Å². The molecule has 0 spiro atoms. The van der Waals surface area contributed by atoms with Crippen LogP contribution in [-0.2, 0) is 16.1 Å². The highest BCUT2D eigenvalue weighted by atomic mass is 16.5. The molecule has 0 radical (unpaired) electrons. The summed E-state index contributed by atoms with van der Waals surface area (Å²) in [6.45, 7) is 3.85. The van der Waals surface area contributed by atoms with Gasteiger partial charge in [0.05, 0.1) is 25.0 Å². The molecule has 5 heteroatoms. The number of carbonyl (C=O) groups is 1. The molecule has 1 saturated heterocycles. The lowest BCUT2D eigenvalue weighted by atomic mass is 10.2. The van der Waals surface area contributed by atoms with Crippen molar-refractivity contribution in [3.05, 3.63) is 24.2 Å². The third-order valence-electron chi connectivity index (χ3n) is 3.09. The van der Waals surface area contributed by atoms with Crippen molar-refractivity contribution in [2.45, 2.75) is 38.5 Å². The molecule has 1 aromatic heterocycles. The molecular weight excluding hydrogens is 232 g/mol. The zero-order valence-corrected chi connectivity index (χ0v) is 10.6. The Morgan fingerprint density at radius 3 is 3.17 bits per heavy atom. The second kappa shape index (κ2) is 6.56. The lowest BCUT2D eigenvalue weighted by Gasteiger charge is -2.16. The molecule has 1 amide bonds. The molecule has 18 heavy (non-hydrogen) atoms. The molecule has 2 atom stereocenters. The molecule has 2 rings (SSSR count). The van der Waals surface area contributed by atoms with E-state index >= 15 is 0 Å². The van der Waals surface area contributed by atoms with Gasteiger partial charge in [-0.2, -0.15) is 0 Å². The Bertz CT molecular complexity index is 358. The molecule has 0 bridgehead atoms. The highest BCUT2D eigenvalue weighted by Gasteiger charge is 2.18. The van der Waals surface area contributed by atoms with Crippen LogP contribution in [0.2, 0.25) is 0 Å². The molecule has 1 aromatic rings. The number of carbonyl (C=O) groups excluding carboxylic acids is 1. The topological polar surface area (TPSA) is 63.5 Å². The van der Waals surface area contributed by atoms with E-state index in [1.807, 2.05) is 13.0 Å². The van der Waals surface area contributed by atoms with Gasteiger partial charge in [-0.1, -0.05) is 0 Å².